The van der Waals surface area contributed by atoms with Crippen LogP contribution in [0.4, 0.5) is 36.4 Å². The summed E-state index contributed by atoms with van der Waals surface area (Å²) in [5, 5.41) is -0.172. The van der Waals surface area contributed by atoms with E-state index in [1.165, 1.54) is 11.9 Å². The first kappa shape index (κ1) is 17.6. The number of benzene rings is 1. The molecule has 10 heteroatoms. The molecule has 126 valence electrons. The minimum absolute atomic E-state index is 0.102. The lowest BCUT2D eigenvalue weighted by molar-refractivity contribution is -0.342. The van der Waals surface area contributed by atoms with Crippen LogP contribution < -0.4 is 4.90 Å². The molecule has 0 aliphatic carbocycles. The van der Waals surface area contributed by atoms with Crippen LogP contribution in [0.15, 0.2) is 40.3 Å². The lowest BCUT2D eigenvalue weighted by Crippen LogP contribution is -2.55. The fourth-order valence-corrected chi connectivity index (χ4v) is 2.86. The Bertz CT molecular complexity index is 669. The maximum Gasteiger partial charge on any atom is 0.460 e. The van der Waals surface area contributed by atoms with Crippen LogP contribution in [0.25, 0.3) is 0 Å². The Kier molecular flexibility index (Phi) is 4.16. The molecule has 0 saturated heterocycles. The summed E-state index contributed by atoms with van der Waals surface area (Å²) < 4.78 is 88.5. The number of hydrogen-bond acceptors (Lipinski definition) is 3. The van der Waals surface area contributed by atoms with Crippen molar-refractivity contribution < 1.29 is 35.5 Å². The zero-order valence-electron chi connectivity index (χ0n) is 11.3. The van der Waals surface area contributed by atoms with E-state index < -0.39 is 23.8 Å². The maximum absolute atomic E-state index is 13.3. The Morgan fingerprint density at radius 2 is 1.65 bits per heavy atom. The van der Waals surface area contributed by atoms with Crippen LogP contribution in [0, 0.1) is 0 Å². The second-order valence-electron chi connectivity index (χ2n) is 4.62. The first-order chi connectivity index (χ1) is 10.4. The van der Waals surface area contributed by atoms with Crippen molar-refractivity contribution in [2.75, 3.05) is 11.9 Å². The number of rotatable bonds is 3. The number of carbonyl (C=O) groups is 1. The van der Waals surface area contributed by atoms with Gasteiger partial charge in [-0.15, -0.1) is 0 Å². The number of halogens is 7. The predicted octanol–water partition coefficient (Wildman–Crippen LogP) is 4.47. The number of ketones is 1. The van der Waals surface area contributed by atoms with Crippen LogP contribution in [0.1, 0.15) is 0 Å². The summed E-state index contributed by atoms with van der Waals surface area (Å²) in [6, 6.07) is 6.41. The van der Waals surface area contributed by atoms with E-state index in [0.29, 0.717) is 10.6 Å². The second kappa shape index (κ2) is 5.43. The zero-order valence-corrected chi connectivity index (χ0v) is 12.1. The molecule has 2 rings (SSSR count). The van der Waals surface area contributed by atoms with Crippen molar-refractivity contribution in [1.82, 2.24) is 0 Å². The first-order valence-corrected chi connectivity index (χ1v) is 6.80. The third-order valence-electron chi connectivity index (χ3n) is 3.09. The molecule has 0 fully saturated rings. The van der Waals surface area contributed by atoms with E-state index >= 15 is 0 Å². The van der Waals surface area contributed by atoms with Crippen LogP contribution in [0.5, 0.6) is 0 Å². The van der Waals surface area contributed by atoms with Gasteiger partial charge in [-0.25, -0.2) is 0 Å². The van der Waals surface area contributed by atoms with Gasteiger partial charge < -0.3 is 4.90 Å². The summed E-state index contributed by atoms with van der Waals surface area (Å²) in [7, 11) is 1.37. The highest BCUT2D eigenvalue weighted by molar-refractivity contribution is 8.03. The zero-order chi connectivity index (χ0) is 17.6. The summed E-state index contributed by atoms with van der Waals surface area (Å²) in [6.45, 7) is 0. The second-order valence-corrected chi connectivity index (χ2v) is 5.68. The van der Waals surface area contributed by atoms with E-state index in [-0.39, 0.29) is 11.1 Å². The highest BCUT2D eigenvalue weighted by Crippen LogP contribution is 2.49. The molecule has 0 amide bonds. The largest absolute Gasteiger partial charge is 0.460 e. The molecule has 0 N–H and O–H groups in total. The van der Waals surface area contributed by atoms with Gasteiger partial charge in [0.1, 0.15) is 0 Å². The van der Waals surface area contributed by atoms with Gasteiger partial charge in [0.2, 0.25) is 5.78 Å². The summed E-state index contributed by atoms with van der Waals surface area (Å²) in [5.74, 6) is -15.0. The van der Waals surface area contributed by atoms with Crippen molar-refractivity contribution in [2.24, 2.45) is 0 Å². The van der Waals surface area contributed by atoms with Crippen LogP contribution in [0.2, 0.25) is 0 Å². The number of allylic oxidation sites excluding steroid dienone is 1. The molecular formula is C13H8F7NOS. The van der Waals surface area contributed by atoms with E-state index in [2.05, 4.69) is 0 Å². The number of carbonyl (C=O) groups excluding carboxylic acids is 1. The number of para-hydroxylation sites is 1. The highest BCUT2D eigenvalue weighted by atomic mass is 32.2. The van der Waals surface area contributed by atoms with Gasteiger partial charge in [0.05, 0.1) is 10.7 Å². The van der Waals surface area contributed by atoms with Crippen molar-refractivity contribution in [2.45, 2.75) is 22.9 Å². The van der Waals surface area contributed by atoms with E-state index in [0.717, 1.165) is 11.8 Å². The van der Waals surface area contributed by atoms with Crippen molar-refractivity contribution >= 4 is 23.2 Å². The summed E-state index contributed by atoms with van der Waals surface area (Å²) in [6.07, 6.45) is -6.44. The minimum Gasteiger partial charge on any atom is -0.338 e. The first-order valence-electron chi connectivity index (χ1n) is 5.98. The Hall–Kier alpha value is -1.71. The number of hydrogen-bond donors (Lipinski definition) is 0. The molecule has 23 heavy (non-hydrogen) atoms. The molecule has 1 aliphatic heterocycles. The number of thioether (sulfide) groups is 1. The normalized spacial score (nSPS) is 17.6. The molecule has 0 atom stereocenters. The molecule has 0 radical (unpaired) electrons. The molecule has 2 nitrogen and oxygen atoms in total. The Morgan fingerprint density at radius 3 is 2.17 bits per heavy atom. The molecule has 0 unspecified atom stereocenters. The number of alkyl halides is 7. The maximum atomic E-state index is 13.3. The van der Waals surface area contributed by atoms with Crippen molar-refractivity contribution in [3.05, 3.63) is 35.4 Å². The highest BCUT2D eigenvalue weighted by Gasteiger charge is 2.75. The molecule has 0 bridgehead atoms. The monoisotopic (exact) mass is 359 g/mol. The molecule has 0 spiro atoms. The lowest BCUT2D eigenvalue weighted by atomic mass is 10.1. The number of nitrogens with zero attached hydrogens (tertiary/aromatic N) is 1. The van der Waals surface area contributed by atoms with Crippen LogP contribution in [-0.2, 0) is 4.79 Å². The topological polar surface area (TPSA) is 20.3 Å². The molecule has 1 aliphatic rings. The van der Waals surface area contributed by atoms with E-state index in [9.17, 15) is 35.5 Å². The van der Waals surface area contributed by atoms with Crippen LogP contribution in [-0.4, -0.2) is 30.9 Å². The summed E-state index contributed by atoms with van der Waals surface area (Å²) in [5.41, 5.74) is 0.516. The Morgan fingerprint density at radius 1 is 1.09 bits per heavy atom. The Balaban J connectivity index is 2.33. The molecule has 0 saturated carbocycles. The average molecular weight is 359 g/mol. The fraction of sp³-hybridized carbons (Fsp3) is 0.308. The number of fused-ring (bicyclic) bond motifs is 1. The SMILES string of the molecule is CN1/C(=C\C(=O)C(F)(F)C(F)(F)C(F)(F)F)Sc2ccccc21. The Labute approximate surface area is 129 Å². The summed E-state index contributed by atoms with van der Waals surface area (Å²) in [4.78, 5) is 13.2. The smallest absolute Gasteiger partial charge is 0.338 e. The van der Waals surface area contributed by atoms with E-state index in [4.69, 9.17) is 0 Å². The van der Waals surface area contributed by atoms with Gasteiger partial charge in [-0.3, -0.25) is 4.79 Å². The van der Waals surface area contributed by atoms with Crippen molar-refractivity contribution in [3.63, 3.8) is 0 Å². The standard InChI is InChI=1S/C13H8F7NOS/c1-21-7-4-2-3-5-8(7)23-10(21)6-9(22)11(14,15)12(16,17)13(18,19)20/h2-6H,1H3/b10-6+. The third-order valence-corrected chi connectivity index (χ3v) is 4.25. The molecule has 0 aromatic heterocycles. The van der Waals surface area contributed by atoms with Gasteiger partial charge >= 0.3 is 18.0 Å². The van der Waals surface area contributed by atoms with E-state index in [1.54, 1.807) is 24.3 Å². The van der Waals surface area contributed by atoms with Gasteiger partial charge in [0.15, 0.2) is 0 Å². The quantitative estimate of drug-likeness (QED) is 0.587. The molecular weight excluding hydrogens is 351 g/mol. The van der Waals surface area contributed by atoms with Crippen molar-refractivity contribution in [3.8, 4) is 0 Å². The third kappa shape index (κ3) is 2.79. The van der Waals surface area contributed by atoms with Gasteiger partial charge in [0, 0.05) is 18.0 Å². The van der Waals surface area contributed by atoms with Crippen LogP contribution in [0.3, 0.4) is 0 Å². The minimum atomic E-state index is -6.54. The van der Waals surface area contributed by atoms with Gasteiger partial charge in [0.25, 0.3) is 0 Å². The fourth-order valence-electron chi connectivity index (χ4n) is 1.78. The van der Waals surface area contributed by atoms with Gasteiger partial charge in [-0.05, 0) is 12.1 Å². The molecule has 1 heterocycles. The van der Waals surface area contributed by atoms with Gasteiger partial charge in [-0.2, -0.15) is 30.7 Å². The lowest BCUT2D eigenvalue weighted by Gasteiger charge is -2.26. The molecule has 1 aromatic rings. The molecule has 1 aromatic carbocycles. The van der Waals surface area contributed by atoms with Gasteiger partial charge in [-0.1, -0.05) is 23.9 Å². The van der Waals surface area contributed by atoms with Crippen molar-refractivity contribution in [1.29, 1.82) is 0 Å². The summed E-state index contributed by atoms with van der Waals surface area (Å²) >= 11 is 0.814. The number of anilines is 1. The van der Waals surface area contributed by atoms with Crippen LogP contribution >= 0.6 is 11.8 Å². The van der Waals surface area contributed by atoms with E-state index in [1.807, 2.05) is 0 Å². The predicted molar refractivity (Wildman–Crippen MR) is 69.7 cm³/mol. The average Bonchev–Trinajstić information content (AvgIpc) is 2.74.